The van der Waals surface area contributed by atoms with Crippen molar-refractivity contribution in [1.29, 1.82) is 0 Å². The fourth-order valence-corrected chi connectivity index (χ4v) is 4.77. The van der Waals surface area contributed by atoms with Crippen molar-refractivity contribution in [2.75, 3.05) is 7.11 Å². The van der Waals surface area contributed by atoms with Gasteiger partial charge in [0.05, 0.1) is 23.7 Å². The molecule has 0 bridgehead atoms. The van der Waals surface area contributed by atoms with Crippen LogP contribution in [0, 0.1) is 6.92 Å². The lowest BCUT2D eigenvalue weighted by Crippen LogP contribution is -2.34. The molecule has 0 atom stereocenters. The topological polar surface area (TPSA) is 85.0 Å². The first kappa shape index (κ1) is 22.3. The second kappa shape index (κ2) is 7.53. The van der Waals surface area contributed by atoms with Gasteiger partial charge in [0, 0.05) is 44.9 Å². The molecule has 0 unspecified atom stereocenters. The zero-order chi connectivity index (χ0) is 24.4. The fraction of sp³-hybridized carbons (Fsp3) is 0.370. The smallest absolute Gasteiger partial charge is 0.142 e. The molecule has 0 aliphatic carbocycles. The average molecular weight is 458 g/mol. The molecule has 0 saturated heterocycles. The molecule has 0 radical (unpaired) electrons. The van der Waals surface area contributed by atoms with Crippen molar-refractivity contribution in [3.05, 3.63) is 53.3 Å². The number of H-pyrrole nitrogens is 1. The van der Waals surface area contributed by atoms with Crippen LogP contribution in [-0.4, -0.2) is 32.6 Å². The molecule has 5 rings (SSSR count). The predicted octanol–water partition coefficient (Wildman–Crippen LogP) is 5.83. The number of pyridine rings is 1. The van der Waals surface area contributed by atoms with Crippen molar-refractivity contribution in [3.63, 3.8) is 0 Å². The Balaban J connectivity index is 1.80. The third kappa shape index (κ3) is 3.51. The normalized spacial score (nSPS) is 15.9. The van der Waals surface area contributed by atoms with E-state index in [0.717, 1.165) is 61.5 Å². The van der Waals surface area contributed by atoms with Gasteiger partial charge in [0.2, 0.25) is 0 Å². The number of hydroxylamine groups is 1. The average Bonchev–Trinajstić information content (AvgIpc) is 3.26. The number of benzene rings is 1. The van der Waals surface area contributed by atoms with E-state index in [0.29, 0.717) is 5.82 Å². The lowest BCUT2D eigenvalue weighted by atomic mass is 9.87. The van der Waals surface area contributed by atoms with Gasteiger partial charge < -0.3 is 14.6 Å². The summed E-state index contributed by atoms with van der Waals surface area (Å²) < 4.78 is 5.88. The quantitative estimate of drug-likeness (QED) is 0.402. The summed E-state index contributed by atoms with van der Waals surface area (Å²) in [6, 6.07) is 8.34. The summed E-state index contributed by atoms with van der Waals surface area (Å²) in [4.78, 5) is 23.4. The van der Waals surface area contributed by atoms with Crippen molar-refractivity contribution >= 4 is 27.5 Å². The van der Waals surface area contributed by atoms with Crippen LogP contribution >= 0.6 is 0 Å². The van der Waals surface area contributed by atoms with Crippen LogP contribution in [0.2, 0.25) is 0 Å². The first-order chi connectivity index (χ1) is 16.0. The van der Waals surface area contributed by atoms with Gasteiger partial charge in [0.25, 0.3) is 0 Å². The van der Waals surface area contributed by atoms with E-state index in [2.05, 4.69) is 68.3 Å². The van der Waals surface area contributed by atoms with Gasteiger partial charge in [-0.3, -0.25) is 4.98 Å². The van der Waals surface area contributed by atoms with Gasteiger partial charge in [0.15, 0.2) is 0 Å². The highest BCUT2D eigenvalue weighted by molar-refractivity contribution is 6.13. The van der Waals surface area contributed by atoms with Crippen LogP contribution in [0.4, 0.5) is 0 Å². The summed E-state index contributed by atoms with van der Waals surface area (Å²) in [5, 5.41) is 1.99. The zero-order valence-corrected chi connectivity index (χ0v) is 21.0. The number of nitrogens with one attached hydrogen (secondary N) is 2. The van der Waals surface area contributed by atoms with Crippen LogP contribution in [-0.2, 0) is 10.3 Å². The number of allylic oxidation sites excluding steroid dienone is 1. The van der Waals surface area contributed by atoms with E-state index in [4.69, 9.17) is 19.5 Å². The molecule has 4 aromatic rings. The Morgan fingerprint density at radius 3 is 2.47 bits per heavy atom. The lowest BCUT2D eigenvalue weighted by Gasteiger charge is -2.22. The molecule has 0 fully saturated rings. The van der Waals surface area contributed by atoms with E-state index in [9.17, 15) is 0 Å². The molecule has 1 aliphatic rings. The molecule has 7 heteroatoms. The maximum absolute atomic E-state index is 5.88. The Morgan fingerprint density at radius 2 is 1.82 bits per heavy atom. The number of aryl methyl sites for hydroxylation is 1. The van der Waals surface area contributed by atoms with E-state index >= 15 is 0 Å². The zero-order valence-electron chi connectivity index (χ0n) is 21.0. The van der Waals surface area contributed by atoms with Crippen molar-refractivity contribution in [2.45, 2.75) is 59.4 Å². The third-order valence-corrected chi connectivity index (χ3v) is 6.39. The summed E-state index contributed by atoms with van der Waals surface area (Å²) in [6.45, 7) is 14.6. The number of aromatic amines is 1. The van der Waals surface area contributed by atoms with Gasteiger partial charge in [-0.05, 0) is 52.0 Å². The minimum absolute atomic E-state index is 0.0642. The maximum Gasteiger partial charge on any atom is 0.142 e. The van der Waals surface area contributed by atoms with Crippen molar-refractivity contribution in [3.8, 4) is 17.0 Å². The monoisotopic (exact) mass is 457 g/mol. The number of rotatable bonds is 3. The van der Waals surface area contributed by atoms with Crippen LogP contribution in [0.1, 0.15) is 58.6 Å². The highest BCUT2D eigenvalue weighted by atomic mass is 16.7. The number of methoxy groups -OCH3 is 1. The van der Waals surface area contributed by atoms with Crippen LogP contribution in [0.5, 0.6) is 5.75 Å². The SMILES string of the molecule is COc1cc2c(cc1C1=C(C)ONC1(C)C)[nH]c1nc(C)nc(-c3ccnc(C(C)(C)C)c3)c12. The summed E-state index contributed by atoms with van der Waals surface area (Å²) in [6.07, 6.45) is 1.86. The van der Waals surface area contributed by atoms with Crippen LogP contribution in [0.15, 0.2) is 36.2 Å². The van der Waals surface area contributed by atoms with Crippen LogP contribution < -0.4 is 10.2 Å². The molecule has 176 valence electrons. The highest BCUT2D eigenvalue weighted by Gasteiger charge is 2.35. The number of hydrogen-bond donors (Lipinski definition) is 2. The van der Waals surface area contributed by atoms with Crippen molar-refractivity contribution < 1.29 is 9.57 Å². The molecule has 7 nitrogen and oxygen atoms in total. The van der Waals surface area contributed by atoms with Crippen molar-refractivity contribution in [2.24, 2.45) is 0 Å². The Hall–Kier alpha value is -3.45. The van der Waals surface area contributed by atoms with Crippen LogP contribution in [0.3, 0.4) is 0 Å². The van der Waals surface area contributed by atoms with Crippen LogP contribution in [0.25, 0.3) is 38.8 Å². The van der Waals surface area contributed by atoms with Gasteiger partial charge in [-0.15, -0.1) is 5.48 Å². The number of ether oxygens (including phenoxy) is 1. The molecule has 34 heavy (non-hydrogen) atoms. The first-order valence-corrected chi connectivity index (χ1v) is 11.5. The highest BCUT2D eigenvalue weighted by Crippen LogP contribution is 2.43. The van der Waals surface area contributed by atoms with Gasteiger partial charge in [0.1, 0.15) is 23.0 Å². The largest absolute Gasteiger partial charge is 0.496 e. The molecule has 3 aromatic heterocycles. The molecule has 4 heterocycles. The Labute approximate surface area is 199 Å². The number of nitrogens with zero attached hydrogens (tertiary/aromatic N) is 3. The molecular weight excluding hydrogens is 426 g/mol. The third-order valence-electron chi connectivity index (χ3n) is 6.39. The molecule has 0 saturated carbocycles. The van der Waals surface area contributed by atoms with Gasteiger partial charge >= 0.3 is 0 Å². The summed E-state index contributed by atoms with van der Waals surface area (Å²) >= 11 is 0. The standard InChI is InChI=1S/C27H31N5O2/c1-14-23(27(6,7)32-34-14)18-12-19-17(13-20(18)33-8)22-24(29-15(2)30-25(22)31-19)16-9-10-28-21(11-16)26(3,4)5/h9-13,32H,1-8H3,(H,29,30,31). The predicted molar refractivity (Wildman–Crippen MR) is 136 cm³/mol. The van der Waals surface area contributed by atoms with Gasteiger partial charge in [-0.1, -0.05) is 20.8 Å². The summed E-state index contributed by atoms with van der Waals surface area (Å²) in [7, 11) is 1.70. The first-order valence-electron chi connectivity index (χ1n) is 11.5. The lowest BCUT2D eigenvalue weighted by molar-refractivity contribution is 0.0930. The Kier molecular flexibility index (Phi) is 4.95. The molecule has 1 aromatic carbocycles. The van der Waals surface area contributed by atoms with E-state index < -0.39 is 0 Å². The Morgan fingerprint density at radius 1 is 1.06 bits per heavy atom. The minimum atomic E-state index is -0.348. The summed E-state index contributed by atoms with van der Waals surface area (Å²) in [5.74, 6) is 2.32. The van der Waals surface area contributed by atoms with E-state index in [1.807, 2.05) is 26.1 Å². The molecule has 0 spiro atoms. The fourth-order valence-electron chi connectivity index (χ4n) is 4.77. The number of hydrogen-bond acceptors (Lipinski definition) is 6. The number of fused-ring (bicyclic) bond motifs is 3. The number of aromatic nitrogens is 4. The molecule has 2 N–H and O–H groups in total. The second-order valence-corrected chi connectivity index (χ2v) is 10.5. The van der Waals surface area contributed by atoms with Gasteiger partial charge in [-0.25, -0.2) is 9.97 Å². The second-order valence-electron chi connectivity index (χ2n) is 10.5. The van der Waals surface area contributed by atoms with Crippen molar-refractivity contribution in [1.82, 2.24) is 25.4 Å². The Bertz CT molecular complexity index is 1470. The molecule has 0 amide bonds. The van der Waals surface area contributed by atoms with Gasteiger partial charge in [-0.2, -0.15) is 0 Å². The molecular formula is C27H31N5O2. The van der Waals surface area contributed by atoms with E-state index in [-0.39, 0.29) is 11.0 Å². The molecule has 1 aliphatic heterocycles. The maximum atomic E-state index is 5.88. The minimum Gasteiger partial charge on any atom is -0.496 e. The summed E-state index contributed by atoms with van der Waals surface area (Å²) in [5.41, 5.74) is 9.45. The van der Waals surface area contributed by atoms with E-state index in [1.165, 1.54) is 0 Å². The van der Waals surface area contributed by atoms with E-state index in [1.54, 1.807) is 7.11 Å².